The van der Waals surface area contributed by atoms with Crippen molar-refractivity contribution in [1.82, 2.24) is 0 Å². The molecule has 0 fully saturated rings. The summed E-state index contributed by atoms with van der Waals surface area (Å²) in [6, 6.07) is 8.17. The van der Waals surface area contributed by atoms with Crippen LogP contribution in [0.5, 0.6) is 0 Å². The predicted molar refractivity (Wildman–Crippen MR) is 66.6 cm³/mol. The van der Waals surface area contributed by atoms with Gasteiger partial charge in [-0.25, -0.2) is 4.79 Å². The minimum Gasteiger partial charge on any atom is -0.272 e. The lowest BCUT2D eigenvalue weighted by Gasteiger charge is -2.19. The average molecular weight is 231 g/mol. The maximum Gasteiger partial charge on any atom is 0.256 e. The molecular weight excluding hydrogens is 214 g/mol. The summed E-state index contributed by atoms with van der Waals surface area (Å²) >= 11 is 0. The molecule has 0 aliphatic rings. The highest BCUT2D eigenvalue weighted by Gasteiger charge is 2.12. The Bertz CT molecular complexity index is 434. The number of isocyanates is 1. The van der Waals surface area contributed by atoms with Crippen LogP contribution < -0.4 is 0 Å². The highest BCUT2D eigenvalue weighted by Crippen LogP contribution is 2.22. The summed E-state index contributed by atoms with van der Waals surface area (Å²) < 4.78 is 0. The van der Waals surface area contributed by atoms with E-state index in [4.69, 9.17) is 0 Å². The van der Waals surface area contributed by atoms with Crippen molar-refractivity contribution in [3.63, 3.8) is 0 Å². The first-order valence-electron chi connectivity index (χ1n) is 5.63. The molecule has 0 heterocycles. The normalized spacial score (nSPS) is 10.8. The number of nitrogens with zero attached hydrogens (tertiary/aromatic N) is 1. The molecule has 0 unspecified atom stereocenters. The molecule has 0 radical (unpaired) electrons. The average Bonchev–Trinajstić information content (AvgIpc) is 2.26. The first-order chi connectivity index (χ1) is 7.93. The summed E-state index contributed by atoms with van der Waals surface area (Å²) in [6.45, 7) is 6.47. The van der Waals surface area contributed by atoms with Gasteiger partial charge < -0.3 is 0 Å². The molecule has 3 heteroatoms. The second-order valence-electron chi connectivity index (χ2n) is 5.04. The Hall–Kier alpha value is -1.73. The Balaban J connectivity index is 2.63. The number of rotatable bonds is 3. The van der Waals surface area contributed by atoms with Gasteiger partial charge in [-0.2, -0.15) is 0 Å². The highest BCUT2D eigenvalue weighted by atomic mass is 16.2. The van der Waals surface area contributed by atoms with Crippen molar-refractivity contribution in [2.45, 2.75) is 39.0 Å². The molecule has 1 rings (SSSR count). The van der Waals surface area contributed by atoms with Crippen LogP contribution in [0.4, 0.5) is 0 Å². The van der Waals surface area contributed by atoms with E-state index in [0.717, 1.165) is 5.56 Å². The second kappa shape index (κ2) is 5.55. The lowest BCUT2D eigenvalue weighted by Crippen LogP contribution is -2.10. The van der Waals surface area contributed by atoms with Gasteiger partial charge in [-0.15, -0.1) is 4.99 Å². The Morgan fingerprint density at radius 2 is 1.82 bits per heavy atom. The molecule has 0 saturated heterocycles. The van der Waals surface area contributed by atoms with Crippen LogP contribution in [0.1, 0.15) is 38.3 Å². The van der Waals surface area contributed by atoms with Crippen molar-refractivity contribution < 1.29 is 9.59 Å². The Labute approximate surface area is 102 Å². The minimum absolute atomic E-state index is 0.135. The van der Waals surface area contributed by atoms with Crippen LogP contribution in [0.25, 0.3) is 0 Å². The SMILES string of the molecule is CC(C)(C)c1ccc(CCC(=O)N=C=O)cc1. The number of hydrogen-bond donors (Lipinski definition) is 0. The van der Waals surface area contributed by atoms with Crippen molar-refractivity contribution >= 4 is 12.0 Å². The summed E-state index contributed by atoms with van der Waals surface area (Å²) in [4.78, 5) is 23.9. The Morgan fingerprint density at radius 1 is 1.24 bits per heavy atom. The summed E-state index contributed by atoms with van der Waals surface area (Å²) in [6.07, 6.45) is 2.12. The van der Waals surface area contributed by atoms with Gasteiger partial charge in [0.25, 0.3) is 5.91 Å². The fraction of sp³-hybridized carbons (Fsp3) is 0.429. The molecule has 0 aliphatic carbocycles. The van der Waals surface area contributed by atoms with Gasteiger partial charge in [0.2, 0.25) is 6.08 Å². The predicted octanol–water partition coefficient (Wildman–Crippen LogP) is 2.78. The van der Waals surface area contributed by atoms with E-state index in [0.29, 0.717) is 6.42 Å². The molecular formula is C14H17NO2. The number of benzene rings is 1. The van der Waals surface area contributed by atoms with Crippen molar-refractivity contribution in [2.75, 3.05) is 0 Å². The van der Waals surface area contributed by atoms with Crippen LogP contribution in [-0.4, -0.2) is 12.0 Å². The van der Waals surface area contributed by atoms with Crippen molar-refractivity contribution in [2.24, 2.45) is 4.99 Å². The van der Waals surface area contributed by atoms with Crippen molar-refractivity contribution in [3.05, 3.63) is 35.4 Å². The van der Waals surface area contributed by atoms with Gasteiger partial charge in [0.15, 0.2) is 0 Å². The number of amides is 1. The van der Waals surface area contributed by atoms with Gasteiger partial charge in [-0.3, -0.25) is 4.79 Å². The smallest absolute Gasteiger partial charge is 0.256 e. The molecule has 0 spiro atoms. The quantitative estimate of drug-likeness (QED) is 0.593. The van der Waals surface area contributed by atoms with Gasteiger partial charge in [0.1, 0.15) is 0 Å². The third-order valence-corrected chi connectivity index (χ3v) is 2.62. The molecule has 1 aromatic rings. The van der Waals surface area contributed by atoms with E-state index in [2.05, 4.69) is 37.9 Å². The number of carbonyl (C=O) groups is 1. The Kier molecular flexibility index (Phi) is 4.36. The van der Waals surface area contributed by atoms with Gasteiger partial charge in [-0.05, 0) is 23.0 Å². The van der Waals surface area contributed by atoms with Gasteiger partial charge >= 0.3 is 0 Å². The Morgan fingerprint density at radius 3 is 2.29 bits per heavy atom. The van der Waals surface area contributed by atoms with Crippen molar-refractivity contribution in [1.29, 1.82) is 0 Å². The third kappa shape index (κ3) is 4.33. The van der Waals surface area contributed by atoms with E-state index in [-0.39, 0.29) is 11.8 Å². The highest BCUT2D eigenvalue weighted by molar-refractivity contribution is 5.81. The molecule has 0 bridgehead atoms. The second-order valence-corrected chi connectivity index (χ2v) is 5.04. The van der Waals surface area contributed by atoms with E-state index < -0.39 is 5.91 Å². The lowest BCUT2D eigenvalue weighted by atomic mass is 9.86. The molecule has 0 saturated carbocycles. The monoisotopic (exact) mass is 231 g/mol. The molecule has 3 nitrogen and oxygen atoms in total. The van der Waals surface area contributed by atoms with Gasteiger partial charge in [-0.1, -0.05) is 45.0 Å². The zero-order valence-corrected chi connectivity index (χ0v) is 10.5. The molecule has 0 atom stereocenters. The van der Waals surface area contributed by atoms with E-state index in [1.807, 2.05) is 12.1 Å². The topological polar surface area (TPSA) is 46.5 Å². The van der Waals surface area contributed by atoms with Crippen LogP contribution >= 0.6 is 0 Å². The van der Waals surface area contributed by atoms with Crippen molar-refractivity contribution in [3.8, 4) is 0 Å². The number of aliphatic imine (C=N–C) groups is 1. The van der Waals surface area contributed by atoms with E-state index in [9.17, 15) is 9.59 Å². The summed E-state index contributed by atoms with van der Waals surface area (Å²) in [5.74, 6) is -0.417. The van der Waals surface area contributed by atoms with Crippen LogP contribution in [0, 0.1) is 0 Å². The number of hydrogen-bond acceptors (Lipinski definition) is 2. The van der Waals surface area contributed by atoms with Gasteiger partial charge in [0, 0.05) is 6.42 Å². The molecule has 1 amide bonds. The molecule has 0 aromatic heterocycles. The van der Waals surface area contributed by atoms with E-state index in [1.165, 1.54) is 11.6 Å². The lowest BCUT2D eigenvalue weighted by molar-refractivity contribution is -0.117. The van der Waals surface area contributed by atoms with E-state index in [1.54, 1.807) is 0 Å². The molecule has 0 aliphatic heterocycles. The zero-order valence-electron chi connectivity index (χ0n) is 10.5. The number of aryl methyl sites for hydroxylation is 1. The fourth-order valence-electron chi connectivity index (χ4n) is 1.53. The largest absolute Gasteiger partial charge is 0.272 e. The van der Waals surface area contributed by atoms with Crippen LogP contribution in [0.15, 0.2) is 29.3 Å². The zero-order chi connectivity index (χ0) is 12.9. The van der Waals surface area contributed by atoms with E-state index >= 15 is 0 Å². The maximum absolute atomic E-state index is 11.0. The summed E-state index contributed by atoms with van der Waals surface area (Å²) in [5, 5.41) is 0. The molecule has 1 aromatic carbocycles. The maximum atomic E-state index is 11.0. The van der Waals surface area contributed by atoms with Crippen LogP contribution in [-0.2, 0) is 21.4 Å². The third-order valence-electron chi connectivity index (χ3n) is 2.62. The fourth-order valence-corrected chi connectivity index (χ4v) is 1.53. The summed E-state index contributed by atoms with van der Waals surface area (Å²) in [7, 11) is 0. The summed E-state index contributed by atoms with van der Waals surface area (Å²) in [5.41, 5.74) is 2.47. The minimum atomic E-state index is -0.417. The first kappa shape index (κ1) is 13.3. The number of carbonyl (C=O) groups excluding carboxylic acids is 2. The standard InChI is InChI=1S/C14H17NO2/c1-14(2,3)12-7-4-11(5-8-12)6-9-13(17)15-10-16/h4-5,7-8H,6,9H2,1-3H3. The van der Waals surface area contributed by atoms with Crippen LogP contribution in [0.3, 0.4) is 0 Å². The van der Waals surface area contributed by atoms with Gasteiger partial charge in [0.05, 0.1) is 0 Å². The molecule has 0 N–H and O–H groups in total. The molecule has 90 valence electrons. The van der Waals surface area contributed by atoms with Crippen LogP contribution in [0.2, 0.25) is 0 Å². The first-order valence-corrected chi connectivity index (χ1v) is 5.63. The molecule has 17 heavy (non-hydrogen) atoms.